The predicted molar refractivity (Wildman–Crippen MR) is 112 cm³/mol. The number of anilines is 2. The van der Waals surface area contributed by atoms with Crippen LogP contribution in [0.1, 0.15) is 30.4 Å². The summed E-state index contributed by atoms with van der Waals surface area (Å²) in [4.78, 5) is 19.2. The van der Waals surface area contributed by atoms with Crippen LogP contribution >= 0.6 is 0 Å². The van der Waals surface area contributed by atoms with E-state index >= 15 is 0 Å². The fourth-order valence-electron chi connectivity index (χ4n) is 3.44. The number of rotatable bonds is 8. The van der Waals surface area contributed by atoms with E-state index in [2.05, 4.69) is 34.3 Å². The van der Waals surface area contributed by atoms with Gasteiger partial charge in [-0.05, 0) is 54.8 Å². The summed E-state index contributed by atoms with van der Waals surface area (Å²) < 4.78 is 5.20. The molecule has 0 aliphatic carbocycles. The van der Waals surface area contributed by atoms with Gasteiger partial charge in [0, 0.05) is 37.8 Å². The standard InChI is InChI=1S/C22H27N3O2/c1-4-12-25(13-14-27-3)18-10-8-17(9-11-18)23-15-19-21-16(2)6-5-7-20(21)24-22(19)26/h5-11,15,19H,4,12-14H2,1-3H3,(H,24,26). The number of carbonyl (C=O) groups is 1. The quantitative estimate of drug-likeness (QED) is 0.710. The van der Waals surface area contributed by atoms with Crippen molar-refractivity contribution in [1.82, 2.24) is 0 Å². The summed E-state index contributed by atoms with van der Waals surface area (Å²) in [5.74, 6) is -0.354. The molecule has 142 valence electrons. The van der Waals surface area contributed by atoms with Gasteiger partial charge in [0.05, 0.1) is 12.3 Å². The Labute approximate surface area is 161 Å². The maximum absolute atomic E-state index is 12.3. The Balaban J connectivity index is 1.74. The second-order valence-electron chi connectivity index (χ2n) is 6.78. The summed E-state index contributed by atoms with van der Waals surface area (Å²) in [6.07, 6.45) is 2.83. The molecule has 0 fully saturated rings. The van der Waals surface area contributed by atoms with Crippen LogP contribution in [0.3, 0.4) is 0 Å². The van der Waals surface area contributed by atoms with Crippen molar-refractivity contribution in [2.45, 2.75) is 26.2 Å². The van der Waals surface area contributed by atoms with Crippen LogP contribution in [0.15, 0.2) is 47.5 Å². The normalized spacial score (nSPS) is 15.8. The molecule has 0 spiro atoms. The molecule has 0 aromatic heterocycles. The van der Waals surface area contributed by atoms with Crippen molar-refractivity contribution < 1.29 is 9.53 Å². The molecule has 1 aliphatic rings. The Bertz CT molecular complexity index is 815. The second kappa shape index (κ2) is 8.82. The zero-order chi connectivity index (χ0) is 19.2. The number of aliphatic imine (C=N–C) groups is 1. The van der Waals surface area contributed by atoms with E-state index < -0.39 is 0 Å². The third-order valence-corrected chi connectivity index (χ3v) is 4.82. The van der Waals surface area contributed by atoms with Crippen LogP contribution in [0.25, 0.3) is 0 Å². The summed E-state index contributed by atoms with van der Waals surface area (Å²) in [5.41, 5.74) is 5.02. The minimum atomic E-state index is -0.334. The van der Waals surface area contributed by atoms with Gasteiger partial charge in [-0.3, -0.25) is 9.79 Å². The van der Waals surface area contributed by atoms with Crippen LogP contribution in [0.2, 0.25) is 0 Å². The molecule has 0 radical (unpaired) electrons. The highest BCUT2D eigenvalue weighted by Gasteiger charge is 2.30. The van der Waals surface area contributed by atoms with Gasteiger partial charge in [0.25, 0.3) is 0 Å². The van der Waals surface area contributed by atoms with Crippen molar-refractivity contribution in [1.29, 1.82) is 0 Å². The molecule has 1 unspecified atom stereocenters. The number of benzene rings is 2. The van der Waals surface area contributed by atoms with Crippen molar-refractivity contribution in [3.8, 4) is 0 Å². The van der Waals surface area contributed by atoms with Gasteiger partial charge in [0.2, 0.25) is 5.91 Å². The van der Waals surface area contributed by atoms with Gasteiger partial charge < -0.3 is 15.0 Å². The molecule has 5 nitrogen and oxygen atoms in total. The Morgan fingerprint density at radius 2 is 1.96 bits per heavy atom. The molecule has 1 amide bonds. The maximum Gasteiger partial charge on any atom is 0.237 e. The maximum atomic E-state index is 12.3. The van der Waals surface area contributed by atoms with Gasteiger partial charge in [-0.15, -0.1) is 0 Å². The number of carbonyl (C=O) groups excluding carboxylic acids is 1. The summed E-state index contributed by atoms with van der Waals surface area (Å²) >= 11 is 0. The molecule has 3 rings (SSSR count). The lowest BCUT2D eigenvalue weighted by atomic mass is 9.97. The first-order valence-corrected chi connectivity index (χ1v) is 9.42. The van der Waals surface area contributed by atoms with E-state index in [0.29, 0.717) is 6.61 Å². The van der Waals surface area contributed by atoms with Gasteiger partial charge >= 0.3 is 0 Å². The van der Waals surface area contributed by atoms with Crippen LogP contribution in [-0.4, -0.2) is 38.9 Å². The molecule has 1 aliphatic heterocycles. The first-order chi connectivity index (χ1) is 13.1. The van der Waals surface area contributed by atoms with Gasteiger partial charge in [-0.2, -0.15) is 0 Å². The number of hydrogen-bond acceptors (Lipinski definition) is 4. The largest absolute Gasteiger partial charge is 0.383 e. The third kappa shape index (κ3) is 4.37. The number of methoxy groups -OCH3 is 1. The van der Waals surface area contributed by atoms with Crippen LogP contribution in [0.4, 0.5) is 17.1 Å². The Morgan fingerprint density at radius 1 is 1.19 bits per heavy atom. The summed E-state index contributed by atoms with van der Waals surface area (Å²) in [7, 11) is 1.72. The molecule has 0 saturated heterocycles. The number of fused-ring (bicyclic) bond motifs is 1. The summed E-state index contributed by atoms with van der Waals surface area (Å²) in [6.45, 7) is 6.76. The zero-order valence-electron chi connectivity index (χ0n) is 16.2. The highest BCUT2D eigenvalue weighted by Crippen LogP contribution is 2.34. The first-order valence-electron chi connectivity index (χ1n) is 9.42. The van der Waals surface area contributed by atoms with Crippen molar-refractivity contribution in [3.63, 3.8) is 0 Å². The second-order valence-corrected chi connectivity index (χ2v) is 6.78. The molecule has 1 N–H and O–H groups in total. The Hall–Kier alpha value is -2.66. The van der Waals surface area contributed by atoms with Crippen LogP contribution in [0.5, 0.6) is 0 Å². The van der Waals surface area contributed by atoms with Crippen LogP contribution in [-0.2, 0) is 9.53 Å². The van der Waals surface area contributed by atoms with E-state index in [1.54, 1.807) is 13.3 Å². The van der Waals surface area contributed by atoms with Crippen molar-refractivity contribution >= 4 is 29.2 Å². The molecule has 1 heterocycles. The fourth-order valence-corrected chi connectivity index (χ4v) is 3.44. The van der Waals surface area contributed by atoms with Crippen molar-refractivity contribution in [2.75, 3.05) is 37.0 Å². The summed E-state index contributed by atoms with van der Waals surface area (Å²) in [6, 6.07) is 14.1. The Morgan fingerprint density at radius 3 is 2.67 bits per heavy atom. The van der Waals surface area contributed by atoms with E-state index in [4.69, 9.17) is 4.74 Å². The van der Waals surface area contributed by atoms with Gasteiger partial charge in [0.1, 0.15) is 5.92 Å². The lowest BCUT2D eigenvalue weighted by Crippen LogP contribution is -2.27. The first kappa shape index (κ1) is 19.1. The number of hydrogen-bond donors (Lipinski definition) is 1. The monoisotopic (exact) mass is 365 g/mol. The summed E-state index contributed by atoms with van der Waals surface area (Å²) in [5, 5.41) is 2.93. The number of nitrogens with one attached hydrogen (secondary N) is 1. The SMILES string of the molecule is CCCN(CCOC)c1ccc(N=CC2C(=O)Nc3cccc(C)c32)cc1. The minimum absolute atomic E-state index is 0.0200. The van der Waals surface area contributed by atoms with E-state index in [1.165, 1.54) is 0 Å². The molecule has 0 bridgehead atoms. The number of aryl methyl sites for hydroxylation is 1. The van der Waals surface area contributed by atoms with Gasteiger partial charge in [0.15, 0.2) is 0 Å². The molecule has 5 heteroatoms. The number of amides is 1. The lowest BCUT2D eigenvalue weighted by Gasteiger charge is -2.24. The molecule has 27 heavy (non-hydrogen) atoms. The third-order valence-electron chi connectivity index (χ3n) is 4.82. The highest BCUT2D eigenvalue weighted by atomic mass is 16.5. The highest BCUT2D eigenvalue weighted by molar-refractivity contribution is 6.13. The number of ether oxygens (including phenoxy) is 1. The molecule has 2 aromatic rings. The van der Waals surface area contributed by atoms with Crippen LogP contribution in [0, 0.1) is 6.92 Å². The average molecular weight is 365 g/mol. The van der Waals surface area contributed by atoms with E-state index in [0.717, 1.165) is 47.7 Å². The predicted octanol–water partition coefficient (Wildman–Crippen LogP) is 4.30. The van der Waals surface area contributed by atoms with Crippen molar-refractivity contribution in [2.24, 2.45) is 4.99 Å². The molecule has 2 aromatic carbocycles. The zero-order valence-corrected chi connectivity index (χ0v) is 16.2. The topological polar surface area (TPSA) is 53.9 Å². The average Bonchev–Trinajstić information content (AvgIpc) is 3.00. The molecule has 0 saturated carbocycles. The van der Waals surface area contributed by atoms with E-state index in [-0.39, 0.29) is 11.8 Å². The fraction of sp³-hybridized carbons (Fsp3) is 0.364. The van der Waals surface area contributed by atoms with Gasteiger partial charge in [-0.25, -0.2) is 0 Å². The molecular weight excluding hydrogens is 338 g/mol. The Kier molecular flexibility index (Phi) is 6.24. The van der Waals surface area contributed by atoms with Crippen LogP contribution < -0.4 is 10.2 Å². The van der Waals surface area contributed by atoms with Gasteiger partial charge in [-0.1, -0.05) is 19.1 Å². The van der Waals surface area contributed by atoms with Crippen molar-refractivity contribution in [3.05, 3.63) is 53.6 Å². The number of nitrogens with zero attached hydrogens (tertiary/aromatic N) is 2. The molecular formula is C22H27N3O2. The van der Waals surface area contributed by atoms with E-state index in [9.17, 15) is 4.79 Å². The minimum Gasteiger partial charge on any atom is -0.383 e. The smallest absolute Gasteiger partial charge is 0.237 e. The lowest BCUT2D eigenvalue weighted by molar-refractivity contribution is -0.115. The van der Waals surface area contributed by atoms with E-state index in [1.807, 2.05) is 37.3 Å². The molecule has 1 atom stereocenters.